The van der Waals surface area contributed by atoms with Crippen LogP contribution in [0.25, 0.3) is 22.2 Å². The summed E-state index contributed by atoms with van der Waals surface area (Å²) >= 11 is 2.10. The quantitative estimate of drug-likeness (QED) is 0.247. The van der Waals surface area contributed by atoms with E-state index in [2.05, 4.69) is 30.8 Å². The van der Waals surface area contributed by atoms with E-state index < -0.39 is 22.1 Å². The van der Waals surface area contributed by atoms with E-state index in [1.807, 2.05) is 63.2 Å². The maximum Gasteiger partial charge on any atom is 0.213 e. The Kier molecular flexibility index (Phi) is 6.67. The lowest BCUT2D eigenvalue weighted by atomic mass is 9.94. The summed E-state index contributed by atoms with van der Waals surface area (Å²) < 4.78 is 36.0. The molecule has 2 aromatic carbocycles. The summed E-state index contributed by atoms with van der Waals surface area (Å²) in [4.78, 5) is 4.02. The van der Waals surface area contributed by atoms with E-state index in [9.17, 15) is 8.94 Å². The smallest absolute Gasteiger partial charge is 0.213 e. The summed E-state index contributed by atoms with van der Waals surface area (Å²) in [5, 5.41) is 5.20. The molecule has 1 N–H and O–H groups in total. The predicted molar refractivity (Wildman–Crippen MR) is 129 cm³/mol. The van der Waals surface area contributed by atoms with E-state index in [-0.39, 0.29) is 6.04 Å². The molecule has 0 aliphatic rings. The molecule has 2 heterocycles. The van der Waals surface area contributed by atoms with Gasteiger partial charge in [0.15, 0.2) is 5.58 Å². The maximum atomic E-state index is 13.8. The number of hydrogen-bond donors (Lipinski definition) is 1. The van der Waals surface area contributed by atoms with Crippen LogP contribution < -0.4 is 4.72 Å². The number of halogens is 2. The SMILES string of the molecule is CC(C)(C)[S@+]([O-])NC(Cc1cccc(F)n1)c1ccccc1-c1noc2cc(Br)ccc12. The highest BCUT2D eigenvalue weighted by Crippen LogP contribution is 2.35. The number of nitrogens with zero attached hydrogens (tertiary/aromatic N) is 2. The molecule has 4 aromatic rings. The summed E-state index contributed by atoms with van der Waals surface area (Å²) in [6, 6.07) is 17.9. The molecule has 4 rings (SSSR count). The Morgan fingerprint density at radius 3 is 2.66 bits per heavy atom. The van der Waals surface area contributed by atoms with E-state index in [0.29, 0.717) is 23.4 Å². The molecule has 0 aliphatic heterocycles. The zero-order valence-corrected chi connectivity index (χ0v) is 20.3. The number of fused-ring (bicyclic) bond motifs is 1. The normalized spacial score (nSPS) is 13.9. The number of pyridine rings is 1. The Hall–Kier alpha value is -2.26. The minimum Gasteiger partial charge on any atom is -0.598 e. The van der Waals surface area contributed by atoms with Crippen LogP contribution in [0.1, 0.15) is 38.1 Å². The fraction of sp³-hybridized carbons (Fsp3) is 0.250. The van der Waals surface area contributed by atoms with Crippen LogP contribution in [-0.2, 0) is 17.8 Å². The Labute approximate surface area is 197 Å². The fourth-order valence-electron chi connectivity index (χ4n) is 3.42. The van der Waals surface area contributed by atoms with Crippen molar-refractivity contribution in [3.63, 3.8) is 0 Å². The first-order valence-electron chi connectivity index (χ1n) is 10.2. The van der Waals surface area contributed by atoms with Gasteiger partial charge in [-0.2, -0.15) is 4.39 Å². The minimum absolute atomic E-state index is 0.359. The van der Waals surface area contributed by atoms with Crippen LogP contribution in [0.15, 0.2) is 69.7 Å². The first-order valence-corrected chi connectivity index (χ1v) is 12.1. The second kappa shape index (κ2) is 9.31. The molecule has 0 saturated carbocycles. The molecule has 2 atom stereocenters. The standard InChI is InChI=1S/C24H23BrFN3O2S/c1-24(2,3)32(30)29-20(14-16-7-6-10-22(26)27-16)17-8-4-5-9-18(17)23-19-12-11-15(25)13-21(19)31-28-23/h4-13,20,29H,14H2,1-3H3/t20?,32-/m0/s1. The zero-order valence-electron chi connectivity index (χ0n) is 17.9. The lowest BCUT2D eigenvalue weighted by Crippen LogP contribution is -2.42. The van der Waals surface area contributed by atoms with Gasteiger partial charge in [-0.05, 0) is 56.7 Å². The van der Waals surface area contributed by atoms with Crippen molar-refractivity contribution in [1.29, 1.82) is 0 Å². The third-order valence-electron chi connectivity index (χ3n) is 5.02. The Morgan fingerprint density at radius 1 is 1.12 bits per heavy atom. The lowest BCUT2D eigenvalue weighted by Gasteiger charge is -2.29. The monoisotopic (exact) mass is 515 g/mol. The zero-order chi connectivity index (χ0) is 22.9. The van der Waals surface area contributed by atoms with Crippen LogP contribution in [0.4, 0.5) is 4.39 Å². The maximum absolute atomic E-state index is 13.8. The lowest BCUT2D eigenvalue weighted by molar-refractivity contribution is 0.459. The van der Waals surface area contributed by atoms with Gasteiger partial charge in [0.05, 0.1) is 6.04 Å². The van der Waals surface area contributed by atoms with Gasteiger partial charge in [0.2, 0.25) is 5.95 Å². The molecule has 0 radical (unpaired) electrons. The first-order chi connectivity index (χ1) is 15.2. The third-order valence-corrected chi connectivity index (χ3v) is 7.12. The second-order valence-electron chi connectivity index (χ2n) is 8.47. The van der Waals surface area contributed by atoms with Gasteiger partial charge in [-0.1, -0.05) is 51.4 Å². The Balaban J connectivity index is 1.80. The molecular weight excluding hydrogens is 493 g/mol. The van der Waals surface area contributed by atoms with E-state index in [1.54, 1.807) is 12.1 Å². The molecular formula is C24H23BrFN3O2S. The molecule has 0 aliphatic carbocycles. The topological polar surface area (TPSA) is 74.0 Å². The number of rotatable bonds is 6. The molecule has 1 unspecified atom stereocenters. The molecule has 0 amide bonds. The highest BCUT2D eigenvalue weighted by atomic mass is 79.9. The number of aromatic nitrogens is 2. The van der Waals surface area contributed by atoms with Gasteiger partial charge in [0.1, 0.15) is 10.4 Å². The van der Waals surface area contributed by atoms with Crippen LogP contribution in [0.3, 0.4) is 0 Å². The van der Waals surface area contributed by atoms with Crippen LogP contribution in [0.5, 0.6) is 0 Å². The summed E-state index contributed by atoms with van der Waals surface area (Å²) in [6.45, 7) is 5.72. The molecule has 0 spiro atoms. The van der Waals surface area contributed by atoms with Crippen molar-refractivity contribution in [2.24, 2.45) is 0 Å². The van der Waals surface area contributed by atoms with Gasteiger partial charge in [-0.25, -0.2) is 4.98 Å². The fourth-order valence-corrected chi connectivity index (χ4v) is 4.58. The highest BCUT2D eigenvalue weighted by molar-refractivity contribution is 9.10. The second-order valence-corrected chi connectivity index (χ2v) is 11.4. The van der Waals surface area contributed by atoms with Crippen molar-refractivity contribution >= 4 is 38.3 Å². The van der Waals surface area contributed by atoms with Gasteiger partial charge in [0.25, 0.3) is 0 Å². The van der Waals surface area contributed by atoms with Crippen molar-refractivity contribution in [1.82, 2.24) is 14.9 Å². The third kappa shape index (κ3) is 5.04. The van der Waals surface area contributed by atoms with Crippen LogP contribution >= 0.6 is 15.9 Å². The van der Waals surface area contributed by atoms with Crippen molar-refractivity contribution in [2.45, 2.75) is 38.0 Å². The molecule has 32 heavy (non-hydrogen) atoms. The summed E-state index contributed by atoms with van der Waals surface area (Å²) in [7, 11) is 0. The number of hydrogen-bond acceptors (Lipinski definition) is 5. The van der Waals surface area contributed by atoms with Crippen LogP contribution in [0, 0.1) is 5.95 Å². The van der Waals surface area contributed by atoms with E-state index in [4.69, 9.17) is 4.52 Å². The van der Waals surface area contributed by atoms with E-state index in [1.165, 1.54) is 6.07 Å². The highest BCUT2D eigenvalue weighted by Gasteiger charge is 2.31. The Bertz CT molecular complexity index is 1240. The van der Waals surface area contributed by atoms with Crippen molar-refractivity contribution in [3.05, 3.63) is 82.3 Å². The average molecular weight is 516 g/mol. The van der Waals surface area contributed by atoms with Crippen molar-refractivity contribution in [3.8, 4) is 11.3 Å². The van der Waals surface area contributed by atoms with Crippen LogP contribution in [0.2, 0.25) is 0 Å². The van der Waals surface area contributed by atoms with Crippen LogP contribution in [-0.4, -0.2) is 19.4 Å². The number of benzene rings is 2. The molecule has 2 aromatic heterocycles. The van der Waals surface area contributed by atoms with Crippen molar-refractivity contribution in [2.75, 3.05) is 0 Å². The molecule has 0 bridgehead atoms. The number of nitrogens with one attached hydrogen (secondary N) is 1. The van der Waals surface area contributed by atoms with Gasteiger partial charge in [-0.15, -0.1) is 4.72 Å². The van der Waals surface area contributed by atoms with E-state index >= 15 is 0 Å². The molecule has 5 nitrogen and oxygen atoms in total. The Morgan fingerprint density at radius 2 is 1.91 bits per heavy atom. The van der Waals surface area contributed by atoms with Gasteiger partial charge in [-0.3, -0.25) is 0 Å². The molecule has 8 heteroatoms. The van der Waals surface area contributed by atoms with E-state index in [0.717, 1.165) is 21.0 Å². The molecule has 0 saturated heterocycles. The summed E-state index contributed by atoms with van der Waals surface area (Å²) in [5.74, 6) is -0.542. The largest absolute Gasteiger partial charge is 0.598 e. The van der Waals surface area contributed by atoms with Gasteiger partial charge < -0.3 is 9.08 Å². The molecule has 166 valence electrons. The summed E-state index contributed by atoms with van der Waals surface area (Å²) in [5.41, 5.74) is 3.67. The predicted octanol–water partition coefficient (Wildman–Crippen LogP) is 6.13. The summed E-state index contributed by atoms with van der Waals surface area (Å²) in [6.07, 6.45) is 0.359. The molecule has 0 fully saturated rings. The minimum atomic E-state index is -1.35. The van der Waals surface area contributed by atoms with Gasteiger partial charge in [0, 0.05) is 38.9 Å². The van der Waals surface area contributed by atoms with Gasteiger partial charge >= 0.3 is 0 Å². The van der Waals surface area contributed by atoms with Crippen molar-refractivity contribution < 1.29 is 13.5 Å². The average Bonchev–Trinajstić information content (AvgIpc) is 3.15. The first kappa shape index (κ1) is 22.9.